The Balaban J connectivity index is 2.20. The van der Waals surface area contributed by atoms with Gasteiger partial charge in [0.25, 0.3) is 0 Å². The first-order valence-corrected chi connectivity index (χ1v) is 9.87. The Morgan fingerprint density at radius 2 is 1.38 bits per heavy atom. The maximum absolute atomic E-state index is 10.5. The third-order valence-electron chi connectivity index (χ3n) is 5.74. The van der Waals surface area contributed by atoms with E-state index in [-0.39, 0.29) is 23.3 Å². The summed E-state index contributed by atoms with van der Waals surface area (Å²) >= 11 is 0. The fourth-order valence-corrected chi connectivity index (χ4v) is 4.62. The third-order valence-corrected chi connectivity index (χ3v) is 5.74. The zero-order chi connectivity index (χ0) is 18.1. The first-order valence-electron chi connectivity index (χ1n) is 9.87. The Hall–Kier alpha value is -0.160. The Morgan fingerprint density at radius 3 is 1.75 bits per heavy atom. The molecule has 0 saturated carbocycles. The van der Waals surface area contributed by atoms with Crippen LogP contribution in [0.15, 0.2) is 0 Å². The summed E-state index contributed by atoms with van der Waals surface area (Å²) in [6.45, 7) is 15.7. The number of likely N-dealkylation sites (tertiary alicyclic amines) is 2. The van der Waals surface area contributed by atoms with E-state index in [2.05, 4.69) is 51.3 Å². The van der Waals surface area contributed by atoms with Crippen LogP contribution >= 0.6 is 0 Å². The standard InChI is InChI=1S/C20H40N2O2/c1-19(2,3)14-15(21-11-7-9-17(21)23)13-16(20(4,5)6)22-12-8-10-18(22)24/h15-18,23-24H,7-14H2,1-6H3. The van der Waals surface area contributed by atoms with E-state index >= 15 is 0 Å². The highest BCUT2D eigenvalue weighted by molar-refractivity contribution is 4.93. The van der Waals surface area contributed by atoms with Gasteiger partial charge < -0.3 is 10.2 Å². The molecule has 0 aliphatic carbocycles. The normalized spacial score (nSPS) is 30.0. The summed E-state index contributed by atoms with van der Waals surface area (Å²) in [4.78, 5) is 4.64. The van der Waals surface area contributed by atoms with Gasteiger partial charge in [0.05, 0.1) is 0 Å². The molecule has 142 valence electrons. The van der Waals surface area contributed by atoms with Gasteiger partial charge in [0.15, 0.2) is 0 Å². The average Bonchev–Trinajstić information content (AvgIpc) is 3.00. The summed E-state index contributed by atoms with van der Waals surface area (Å²) in [5.74, 6) is 0. The van der Waals surface area contributed by atoms with Gasteiger partial charge in [0.2, 0.25) is 0 Å². The topological polar surface area (TPSA) is 46.9 Å². The molecule has 2 heterocycles. The van der Waals surface area contributed by atoms with Gasteiger partial charge in [-0.05, 0) is 49.4 Å². The van der Waals surface area contributed by atoms with E-state index in [1.807, 2.05) is 0 Å². The van der Waals surface area contributed by atoms with Crippen molar-refractivity contribution < 1.29 is 10.2 Å². The van der Waals surface area contributed by atoms with Gasteiger partial charge in [-0.1, -0.05) is 41.5 Å². The Kier molecular flexibility index (Phi) is 6.39. The molecule has 4 nitrogen and oxygen atoms in total. The first kappa shape index (κ1) is 20.2. The summed E-state index contributed by atoms with van der Waals surface area (Å²) in [6.07, 6.45) is 5.48. The molecule has 0 aromatic heterocycles. The highest BCUT2D eigenvalue weighted by Gasteiger charge is 2.41. The van der Waals surface area contributed by atoms with E-state index in [1.54, 1.807) is 0 Å². The first-order chi connectivity index (χ1) is 11.0. The number of aliphatic hydroxyl groups excluding tert-OH is 2. The molecule has 4 unspecified atom stereocenters. The lowest BCUT2D eigenvalue weighted by Gasteiger charge is -2.45. The minimum atomic E-state index is -0.298. The molecule has 2 fully saturated rings. The van der Waals surface area contributed by atoms with Crippen molar-refractivity contribution in [1.82, 2.24) is 9.80 Å². The molecule has 0 aromatic carbocycles. The fraction of sp³-hybridized carbons (Fsp3) is 1.00. The smallest absolute Gasteiger partial charge is 0.107 e. The third kappa shape index (κ3) is 5.17. The molecule has 4 atom stereocenters. The Bertz CT molecular complexity index is 399. The van der Waals surface area contributed by atoms with Crippen molar-refractivity contribution in [1.29, 1.82) is 0 Å². The fourth-order valence-electron chi connectivity index (χ4n) is 4.62. The monoisotopic (exact) mass is 340 g/mol. The second-order valence-electron chi connectivity index (χ2n) is 10.3. The molecule has 0 spiro atoms. The van der Waals surface area contributed by atoms with Crippen LogP contribution in [0.2, 0.25) is 0 Å². The number of rotatable bonds is 5. The van der Waals surface area contributed by atoms with Crippen LogP contribution in [0.5, 0.6) is 0 Å². The van der Waals surface area contributed by atoms with Gasteiger partial charge >= 0.3 is 0 Å². The lowest BCUT2D eigenvalue weighted by molar-refractivity contribution is -0.0560. The van der Waals surface area contributed by atoms with E-state index in [0.717, 1.165) is 51.6 Å². The predicted molar refractivity (Wildman–Crippen MR) is 99.6 cm³/mol. The predicted octanol–water partition coefficient (Wildman–Crippen LogP) is 3.42. The van der Waals surface area contributed by atoms with Gasteiger partial charge in [-0.2, -0.15) is 0 Å². The van der Waals surface area contributed by atoms with Crippen LogP contribution in [0.1, 0.15) is 80.1 Å². The van der Waals surface area contributed by atoms with Crippen molar-refractivity contribution in [3.63, 3.8) is 0 Å². The van der Waals surface area contributed by atoms with Crippen molar-refractivity contribution in [2.45, 2.75) is 105 Å². The molecule has 2 aliphatic rings. The molecule has 2 aliphatic heterocycles. The van der Waals surface area contributed by atoms with Crippen molar-refractivity contribution in [3.8, 4) is 0 Å². The van der Waals surface area contributed by atoms with Crippen molar-refractivity contribution in [2.75, 3.05) is 13.1 Å². The van der Waals surface area contributed by atoms with Gasteiger partial charge in [0.1, 0.15) is 12.5 Å². The van der Waals surface area contributed by atoms with E-state index in [4.69, 9.17) is 0 Å². The molecule has 0 amide bonds. The van der Waals surface area contributed by atoms with Crippen LogP contribution in [0, 0.1) is 10.8 Å². The molecule has 0 aromatic rings. The van der Waals surface area contributed by atoms with Crippen LogP contribution in [0.25, 0.3) is 0 Å². The molecular weight excluding hydrogens is 300 g/mol. The van der Waals surface area contributed by atoms with Crippen LogP contribution in [0.3, 0.4) is 0 Å². The van der Waals surface area contributed by atoms with Crippen LogP contribution in [0.4, 0.5) is 0 Å². The molecule has 2 N–H and O–H groups in total. The largest absolute Gasteiger partial charge is 0.378 e. The van der Waals surface area contributed by atoms with Gasteiger partial charge in [-0.3, -0.25) is 9.80 Å². The van der Waals surface area contributed by atoms with Crippen molar-refractivity contribution in [3.05, 3.63) is 0 Å². The summed E-state index contributed by atoms with van der Waals surface area (Å²) in [7, 11) is 0. The van der Waals surface area contributed by atoms with Crippen molar-refractivity contribution in [2.24, 2.45) is 10.8 Å². The highest BCUT2D eigenvalue weighted by atomic mass is 16.3. The summed E-state index contributed by atoms with van der Waals surface area (Å²) < 4.78 is 0. The second kappa shape index (κ2) is 7.61. The summed E-state index contributed by atoms with van der Waals surface area (Å²) in [5, 5.41) is 20.9. The lowest BCUT2D eigenvalue weighted by atomic mass is 9.78. The van der Waals surface area contributed by atoms with Crippen molar-refractivity contribution >= 4 is 0 Å². The zero-order valence-electron chi connectivity index (χ0n) is 16.8. The number of hydrogen-bond acceptors (Lipinski definition) is 4. The molecule has 2 saturated heterocycles. The molecular formula is C20H40N2O2. The lowest BCUT2D eigenvalue weighted by Crippen LogP contribution is -2.52. The number of hydrogen-bond donors (Lipinski definition) is 2. The molecule has 0 bridgehead atoms. The molecule has 2 rings (SSSR count). The summed E-state index contributed by atoms with van der Waals surface area (Å²) in [5.41, 5.74) is 0.352. The van der Waals surface area contributed by atoms with E-state index in [0.29, 0.717) is 12.1 Å². The van der Waals surface area contributed by atoms with E-state index in [9.17, 15) is 10.2 Å². The minimum Gasteiger partial charge on any atom is -0.378 e. The average molecular weight is 341 g/mol. The second-order valence-corrected chi connectivity index (χ2v) is 10.3. The molecule has 0 radical (unpaired) electrons. The number of nitrogens with zero attached hydrogens (tertiary/aromatic N) is 2. The quantitative estimate of drug-likeness (QED) is 0.805. The van der Waals surface area contributed by atoms with Crippen LogP contribution < -0.4 is 0 Å². The molecule has 24 heavy (non-hydrogen) atoms. The van der Waals surface area contributed by atoms with E-state index < -0.39 is 0 Å². The molecule has 4 heteroatoms. The maximum Gasteiger partial charge on any atom is 0.107 e. The highest BCUT2D eigenvalue weighted by Crippen LogP contribution is 2.37. The SMILES string of the molecule is CC(C)(C)CC(CC(N1CCCC1O)C(C)(C)C)N1CCCC1O. The Labute approximate surface area is 149 Å². The van der Waals surface area contributed by atoms with Crippen LogP contribution in [-0.2, 0) is 0 Å². The number of aliphatic hydroxyl groups is 2. The maximum atomic E-state index is 10.5. The Morgan fingerprint density at radius 1 is 0.875 bits per heavy atom. The minimum absolute atomic E-state index is 0.117. The zero-order valence-corrected chi connectivity index (χ0v) is 16.8. The van der Waals surface area contributed by atoms with Crippen LogP contribution in [-0.4, -0.2) is 57.6 Å². The summed E-state index contributed by atoms with van der Waals surface area (Å²) in [6, 6.07) is 0.717. The van der Waals surface area contributed by atoms with Gasteiger partial charge in [-0.15, -0.1) is 0 Å². The van der Waals surface area contributed by atoms with E-state index in [1.165, 1.54) is 0 Å². The van der Waals surface area contributed by atoms with Gasteiger partial charge in [0, 0.05) is 25.2 Å². The van der Waals surface area contributed by atoms with Gasteiger partial charge in [-0.25, -0.2) is 0 Å².